The summed E-state index contributed by atoms with van der Waals surface area (Å²) in [6, 6.07) is 6.55. The van der Waals surface area contributed by atoms with Crippen molar-refractivity contribution < 1.29 is 4.39 Å². The molecule has 17 heavy (non-hydrogen) atoms. The van der Waals surface area contributed by atoms with Crippen LogP contribution in [-0.2, 0) is 0 Å². The van der Waals surface area contributed by atoms with E-state index in [1.54, 1.807) is 25.5 Å². The van der Waals surface area contributed by atoms with Crippen molar-refractivity contribution in [2.75, 3.05) is 7.05 Å². The van der Waals surface area contributed by atoms with Gasteiger partial charge in [0.15, 0.2) is 0 Å². The first-order chi connectivity index (χ1) is 8.22. The maximum atomic E-state index is 13.7. The van der Waals surface area contributed by atoms with Crippen LogP contribution < -0.4 is 5.32 Å². The minimum Gasteiger partial charge on any atom is -0.308 e. The van der Waals surface area contributed by atoms with Gasteiger partial charge in [0.2, 0.25) is 0 Å². The highest BCUT2D eigenvalue weighted by atomic mass is 19.1. The first-order valence-electron chi connectivity index (χ1n) is 5.42. The number of aryl methyl sites for hydroxylation is 1. The van der Waals surface area contributed by atoms with Crippen molar-refractivity contribution in [1.29, 1.82) is 0 Å². The summed E-state index contributed by atoms with van der Waals surface area (Å²) in [6.45, 7) is 1.92. The summed E-state index contributed by atoms with van der Waals surface area (Å²) in [5.74, 6) is -0.313. The summed E-state index contributed by atoms with van der Waals surface area (Å²) in [5.41, 5.74) is 2.22. The zero-order valence-corrected chi connectivity index (χ0v) is 9.81. The standard InChI is InChI=1S/C13H14FN3/c1-9-5-6-10(8-17-9)12(15-2)13-11(14)4-3-7-16-13/h3-8,12,15H,1-2H3. The lowest BCUT2D eigenvalue weighted by Gasteiger charge is -2.16. The predicted molar refractivity (Wildman–Crippen MR) is 64.1 cm³/mol. The van der Waals surface area contributed by atoms with E-state index in [9.17, 15) is 4.39 Å². The highest BCUT2D eigenvalue weighted by Gasteiger charge is 2.17. The van der Waals surface area contributed by atoms with E-state index in [1.807, 2.05) is 19.1 Å². The third kappa shape index (κ3) is 2.47. The summed E-state index contributed by atoms with van der Waals surface area (Å²) in [5, 5.41) is 3.05. The molecule has 0 aliphatic carbocycles. The molecular formula is C13H14FN3. The van der Waals surface area contributed by atoms with Crippen molar-refractivity contribution in [2.24, 2.45) is 0 Å². The number of hydrogen-bond acceptors (Lipinski definition) is 3. The molecule has 0 aliphatic heterocycles. The molecule has 2 aromatic heterocycles. The van der Waals surface area contributed by atoms with Gasteiger partial charge in [-0.3, -0.25) is 9.97 Å². The van der Waals surface area contributed by atoms with Crippen molar-refractivity contribution in [3.05, 3.63) is 59.4 Å². The second-order valence-electron chi connectivity index (χ2n) is 3.83. The molecule has 2 aromatic rings. The summed E-state index contributed by atoms with van der Waals surface area (Å²) < 4.78 is 13.7. The van der Waals surface area contributed by atoms with Gasteiger partial charge < -0.3 is 5.32 Å². The van der Waals surface area contributed by atoms with Gasteiger partial charge in [-0.2, -0.15) is 0 Å². The van der Waals surface area contributed by atoms with Crippen LogP contribution in [0.25, 0.3) is 0 Å². The van der Waals surface area contributed by atoms with Gasteiger partial charge in [-0.15, -0.1) is 0 Å². The first kappa shape index (κ1) is 11.7. The minimum atomic E-state index is -0.313. The lowest BCUT2D eigenvalue weighted by Crippen LogP contribution is -2.20. The van der Waals surface area contributed by atoms with Gasteiger partial charge in [0.05, 0.1) is 11.7 Å². The average Bonchev–Trinajstić information content (AvgIpc) is 2.35. The molecule has 0 saturated carbocycles. The van der Waals surface area contributed by atoms with Crippen molar-refractivity contribution in [3.63, 3.8) is 0 Å². The van der Waals surface area contributed by atoms with Gasteiger partial charge in [0.1, 0.15) is 5.82 Å². The molecule has 1 atom stereocenters. The van der Waals surface area contributed by atoms with E-state index >= 15 is 0 Å². The molecule has 0 spiro atoms. The van der Waals surface area contributed by atoms with Crippen LogP contribution in [0.4, 0.5) is 4.39 Å². The third-order valence-corrected chi connectivity index (χ3v) is 2.62. The number of nitrogens with one attached hydrogen (secondary N) is 1. The van der Waals surface area contributed by atoms with E-state index in [0.29, 0.717) is 5.69 Å². The maximum Gasteiger partial charge on any atom is 0.146 e. The van der Waals surface area contributed by atoms with Crippen LogP contribution >= 0.6 is 0 Å². The summed E-state index contributed by atoms with van der Waals surface area (Å²) in [6.07, 6.45) is 3.33. The normalized spacial score (nSPS) is 12.4. The molecule has 88 valence electrons. The first-order valence-corrected chi connectivity index (χ1v) is 5.42. The molecular weight excluding hydrogens is 217 g/mol. The van der Waals surface area contributed by atoms with E-state index in [4.69, 9.17) is 0 Å². The number of halogens is 1. The average molecular weight is 231 g/mol. The summed E-state index contributed by atoms with van der Waals surface area (Å²) in [4.78, 5) is 8.30. The predicted octanol–water partition coefficient (Wildman–Crippen LogP) is 2.23. The molecule has 1 N–H and O–H groups in total. The fourth-order valence-electron chi connectivity index (χ4n) is 1.72. The number of nitrogens with zero attached hydrogens (tertiary/aromatic N) is 2. The molecule has 0 saturated heterocycles. The summed E-state index contributed by atoms with van der Waals surface area (Å²) >= 11 is 0. The second-order valence-corrected chi connectivity index (χ2v) is 3.83. The van der Waals surface area contributed by atoms with Crippen LogP contribution in [-0.4, -0.2) is 17.0 Å². The van der Waals surface area contributed by atoms with Crippen molar-refractivity contribution in [3.8, 4) is 0 Å². The van der Waals surface area contributed by atoms with Crippen LogP contribution in [0.3, 0.4) is 0 Å². The minimum absolute atomic E-state index is 0.274. The monoisotopic (exact) mass is 231 g/mol. The zero-order chi connectivity index (χ0) is 12.3. The van der Waals surface area contributed by atoms with Gasteiger partial charge in [-0.05, 0) is 37.7 Å². The van der Waals surface area contributed by atoms with Crippen molar-refractivity contribution >= 4 is 0 Å². The topological polar surface area (TPSA) is 37.8 Å². The Morgan fingerprint density at radius 2 is 2.06 bits per heavy atom. The van der Waals surface area contributed by atoms with E-state index in [-0.39, 0.29) is 11.9 Å². The van der Waals surface area contributed by atoms with Gasteiger partial charge in [-0.1, -0.05) is 6.07 Å². The fraction of sp³-hybridized carbons (Fsp3) is 0.231. The van der Waals surface area contributed by atoms with E-state index in [1.165, 1.54) is 6.07 Å². The Labute approximate surface area is 99.7 Å². The number of aromatic nitrogens is 2. The van der Waals surface area contributed by atoms with Crippen LogP contribution in [0.2, 0.25) is 0 Å². The second kappa shape index (κ2) is 5.01. The number of pyridine rings is 2. The smallest absolute Gasteiger partial charge is 0.146 e. The molecule has 0 fully saturated rings. The largest absolute Gasteiger partial charge is 0.308 e. The number of hydrogen-bond donors (Lipinski definition) is 1. The van der Waals surface area contributed by atoms with Gasteiger partial charge >= 0.3 is 0 Å². The maximum absolute atomic E-state index is 13.7. The molecule has 4 heteroatoms. The molecule has 0 aliphatic rings. The van der Waals surface area contributed by atoms with E-state index < -0.39 is 0 Å². The number of rotatable bonds is 3. The zero-order valence-electron chi connectivity index (χ0n) is 9.81. The van der Waals surface area contributed by atoms with E-state index in [0.717, 1.165) is 11.3 Å². The van der Waals surface area contributed by atoms with Gasteiger partial charge in [0, 0.05) is 18.1 Å². The van der Waals surface area contributed by atoms with Crippen LogP contribution in [0.15, 0.2) is 36.7 Å². The summed E-state index contributed by atoms with van der Waals surface area (Å²) in [7, 11) is 1.78. The Bertz CT molecular complexity index is 496. The molecule has 0 aromatic carbocycles. The lowest BCUT2D eigenvalue weighted by atomic mass is 10.0. The molecule has 0 amide bonds. The van der Waals surface area contributed by atoms with Crippen LogP contribution in [0.1, 0.15) is 23.0 Å². The molecule has 0 radical (unpaired) electrons. The SMILES string of the molecule is CNC(c1ccc(C)nc1)c1ncccc1F. The third-order valence-electron chi connectivity index (χ3n) is 2.62. The molecule has 2 rings (SSSR count). The fourth-order valence-corrected chi connectivity index (χ4v) is 1.72. The molecule has 0 bridgehead atoms. The lowest BCUT2D eigenvalue weighted by molar-refractivity contribution is 0.559. The Morgan fingerprint density at radius 3 is 2.65 bits per heavy atom. The Morgan fingerprint density at radius 1 is 1.24 bits per heavy atom. The quantitative estimate of drug-likeness (QED) is 0.880. The molecule has 3 nitrogen and oxygen atoms in total. The van der Waals surface area contributed by atoms with Gasteiger partial charge in [0.25, 0.3) is 0 Å². The Kier molecular flexibility index (Phi) is 3.44. The molecule has 1 unspecified atom stereocenters. The van der Waals surface area contributed by atoms with E-state index in [2.05, 4.69) is 15.3 Å². The van der Waals surface area contributed by atoms with Crippen molar-refractivity contribution in [2.45, 2.75) is 13.0 Å². The van der Waals surface area contributed by atoms with Crippen LogP contribution in [0.5, 0.6) is 0 Å². The Balaban J connectivity index is 2.40. The Hall–Kier alpha value is -1.81. The highest BCUT2D eigenvalue weighted by Crippen LogP contribution is 2.21. The molecule has 2 heterocycles. The van der Waals surface area contributed by atoms with Crippen LogP contribution in [0, 0.1) is 12.7 Å². The van der Waals surface area contributed by atoms with Crippen molar-refractivity contribution in [1.82, 2.24) is 15.3 Å². The van der Waals surface area contributed by atoms with Gasteiger partial charge in [-0.25, -0.2) is 4.39 Å². The highest BCUT2D eigenvalue weighted by molar-refractivity contribution is 5.27.